The quantitative estimate of drug-likeness (QED) is 0.640. The summed E-state index contributed by atoms with van der Waals surface area (Å²) >= 11 is 3.45. The zero-order valence-corrected chi connectivity index (χ0v) is 17.7. The average molecular weight is 461 g/mol. The molecule has 29 heavy (non-hydrogen) atoms. The van der Waals surface area contributed by atoms with Crippen molar-refractivity contribution < 1.29 is 23.9 Å². The molecular formula is C21H21BrN2O5. The summed E-state index contributed by atoms with van der Waals surface area (Å²) < 4.78 is 11.3. The van der Waals surface area contributed by atoms with Gasteiger partial charge in [0.15, 0.2) is 11.5 Å². The first-order valence-corrected chi connectivity index (χ1v) is 9.83. The number of methoxy groups -OCH3 is 2. The monoisotopic (exact) mass is 460 g/mol. The van der Waals surface area contributed by atoms with Crippen LogP contribution in [-0.2, 0) is 27.3 Å². The SMILES string of the molecule is COc1cc(Br)c(CC(=O)Nc2ccc(CN3C(=O)CCC3=O)cc2)cc1OC. The molecule has 2 aromatic rings. The van der Waals surface area contributed by atoms with Gasteiger partial charge in [-0.1, -0.05) is 28.1 Å². The molecule has 0 spiro atoms. The lowest BCUT2D eigenvalue weighted by molar-refractivity contribution is -0.139. The minimum atomic E-state index is -0.185. The molecule has 7 nitrogen and oxygen atoms in total. The van der Waals surface area contributed by atoms with Crippen LogP contribution in [-0.4, -0.2) is 36.8 Å². The maximum absolute atomic E-state index is 12.4. The Morgan fingerprint density at radius 3 is 2.21 bits per heavy atom. The van der Waals surface area contributed by atoms with Crippen molar-refractivity contribution in [3.05, 3.63) is 52.0 Å². The van der Waals surface area contributed by atoms with Crippen LogP contribution in [0.1, 0.15) is 24.0 Å². The molecule has 0 saturated carbocycles. The first kappa shape index (κ1) is 20.9. The van der Waals surface area contributed by atoms with Crippen LogP contribution in [0.3, 0.4) is 0 Å². The largest absolute Gasteiger partial charge is 0.493 e. The standard InChI is InChI=1S/C21H21BrN2O5/c1-28-17-9-14(16(22)11-18(17)29-2)10-19(25)23-15-5-3-13(4-6-15)12-24-20(26)7-8-21(24)27/h3-6,9,11H,7-8,10,12H2,1-2H3,(H,23,25). The van der Waals surface area contributed by atoms with E-state index < -0.39 is 0 Å². The number of rotatable bonds is 7. The number of hydrogen-bond acceptors (Lipinski definition) is 5. The predicted octanol–water partition coefficient (Wildman–Crippen LogP) is 3.30. The second kappa shape index (κ2) is 9.09. The van der Waals surface area contributed by atoms with Crippen LogP contribution in [0.5, 0.6) is 11.5 Å². The lowest BCUT2D eigenvalue weighted by Crippen LogP contribution is -2.28. The minimum absolute atomic E-state index is 0.145. The number of carbonyl (C=O) groups excluding carboxylic acids is 3. The molecule has 1 saturated heterocycles. The summed E-state index contributed by atoms with van der Waals surface area (Å²) in [7, 11) is 3.09. The summed E-state index contributed by atoms with van der Waals surface area (Å²) in [6.45, 7) is 0.254. The Kier molecular flexibility index (Phi) is 6.53. The number of halogens is 1. The van der Waals surface area contributed by atoms with Gasteiger partial charge >= 0.3 is 0 Å². The molecule has 2 aromatic carbocycles. The van der Waals surface area contributed by atoms with Crippen molar-refractivity contribution in [3.63, 3.8) is 0 Å². The van der Waals surface area contributed by atoms with E-state index in [-0.39, 0.29) is 43.5 Å². The minimum Gasteiger partial charge on any atom is -0.493 e. The van der Waals surface area contributed by atoms with Crippen LogP contribution in [0.2, 0.25) is 0 Å². The van der Waals surface area contributed by atoms with Crippen molar-refractivity contribution in [1.29, 1.82) is 0 Å². The second-order valence-electron chi connectivity index (χ2n) is 6.59. The second-order valence-corrected chi connectivity index (χ2v) is 7.45. The molecule has 0 bridgehead atoms. The van der Waals surface area contributed by atoms with Crippen molar-refractivity contribution in [3.8, 4) is 11.5 Å². The van der Waals surface area contributed by atoms with Gasteiger partial charge < -0.3 is 14.8 Å². The lowest BCUT2D eigenvalue weighted by Gasteiger charge is -2.14. The highest BCUT2D eigenvalue weighted by molar-refractivity contribution is 9.10. The van der Waals surface area contributed by atoms with Gasteiger partial charge in [-0.2, -0.15) is 0 Å². The summed E-state index contributed by atoms with van der Waals surface area (Å²) in [6.07, 6.45) is 0.705. The predicted molar refractivity (Wildman–Crippen MR) is 111 cm³/mol. The van der Waals surface area contributed by atoms with Gasteiger partial charge in [0.1, 0.15) is 0 Å². The van der Waals surface area contributed by atoms with Crippen molar-refractivity contribution in [2.75, 3.05) is 19.5 Å². The van der Waals surface area contributed by atoms with E-state index in [0.29, 0.717) is 17.2 Å². The Morgan fingerprint density at radius 1 is 1.03 bits per heavy atom. The highest BCUT2D eigenvalue weighted by Gasteiger charge is 2.28. The van der Waals surface area contributed by atoms with E-state index in [1.165, 1.54) is 4.90 Å². The number of benzene rings is 2. The Bertz CT molecular complexity index is 927. The van der Waals surface area contributed by atoms with Crippen LogP contribution in [0.4, 0.5) is 5.69 Å². The molecule has 3 rings (SSSR count). The fraction of sp³-hybridized carbons (Fsp3) is 0.286. The van der Waals surface area contributed by atoms with Gasteiger partial charge in [0.2, 0.25) is 17.7 Å². The van der Waals surface area contributed by atoms with Crippen LogP contribution in [0, 0.1) is 0 Å². The third-order valence-corrected chi connectivity index (χ3v) is 5.38. The number of hydrogen-bond donors (Lipinski definition) is 1. The summed E-state index contributed by atoms with van der Waals surface area (Å²) in [6, 6.07) is 10.6. The summed E-state index contributed by atoms with van der Waals surface area (Å²) in [5, 5.41) is 2.84. The van der Waals surface area contributed by atoms with Gasteiger partial charge in [0.25, 0.3) is 0 Å². The Hall–Kier alpha value is -2.87. The zero-order valence-electron chi connectivity index (χ0n) is 16.2. The maximum atomic E-state index is 12.4. The molecule has 8 heteroatoms. The maximum Gasteiger partial charge on any atom is 0.229 e. The normalized spacial score (nSPS) is 13.6. The first-order valence-electron chi connectivity index (χ1n) is 9.03. The van der Waals surface area contributed by atoms with Crippen LogP contribution in [0.25, 0.3) is 0 Å². The average Bonchev–Trinajstić information content (AvgIpc) is 3.02. The smallest absolute Gasteiger partial charge is 0.229 e. The number of nitrogens with zero attached hydrogens (tertiary/aromatic N) is 1. The first-order chi connectivity index (χ1) is 13.9. The molecule has 1 aliphatic rings. The lowest BCUT2D eigenvalue weighted by atomic mass is 10.1. The fourth-order valence-corrected chi connectivity index (χ4v) is 3.55. The molecule has 3 amide bonds. The number of ether oxygens (including phenoxy) is 2. The summed E-state index contributed by atoms with van der Waals surface area (Å²) in [5.74, 6) is 0.652. The van der Waals surface area contributed by atoms with Gasteiger partial charge in [0, 0.05) is 23.0 Å². The van der Waals surface area contributed by atoms with Gasteiger partial charge in [-0.25, -0.2) is 0 Å². The van der Waals surface area contributed by atoms with E-state index in [4.69, 9.17) is 9.47 Å². The van der Waals surface area contributed by atoms with E-state index in [1.807, 2.05) is 0 Å². The molecule has 1 aliphatic heterocycles. The highest BCUT2D eigenvalue weighted by Crippen LogP contribution is 2.33. The summed E-state index contributed by atoms with van der Waals surface area (Å²) in [5.41, 5.74) is 2.23. The number of nitrogens with one attached hydrogen (secondary N) is 1. The highest BCUT2D eigenvalue weighted by atomic mass is 79.9. The molecular weight excluding hydrogens is 440 g/mol. The fourth-order valence-electron chi connectivity index (χ4n) is 3.09. The van der Waals surface area contributed by atoms with E-state index in [0.717, 1.165) is 15.6 Å². The third kappa shape index (κ3) is 4.95. The van der Waals surface area contributed by atoms with Gasteiger partial charge in [-0.05, 0) is 35.4 Å². The third-order valence-electron chi connectivity index (χ3n) is 4.64. The number of imide groups is 1. The number of amides is 3. The van der Waals surface area contributed by atoms with Crippen LogP contribution < -0.4 is 14.8 Å². The van der Waals surface area contributed by atoms with E-state index in [2.05, 4.69) is 21.2 Å². The number of carbonyl (C=O) groups is 3. The van der Waals surface area contributed by atoms with E-state index >= 15 is 0 Å². The Morgan fingerprint density at radius 2 is 1.62 bits per heavy atom. The Balaban J connectivity index is 1.62. The Labute approximate surface area is 177 Å². The molecule has 1 heterocycles. The number of anilines is 1. The van der Waals surface area contributed by atoms with Crippen molar-refractivity contribution in [2.45, 2.75) is 25.8 Å². The molecule has 0 radical (unpaired) electrons. The molecule has 0 aliphatic carbocycles. The van der Waals surface area contributed by atoms with Crippen LogP contribution in [0.15, 0.2) is 40.9 Å². The van der Waals surface area contributed by atoms with Gasteiger partial charge in [-0.15, -0.1) is 0 Å². The zero-order chi connectivity index (χ0) is 21.0. The van der Waals surface area contributed by atoms with Gasteiger partial charge in [-0.3, -0.25) is 19.3 Å². The molecule has 0 aromatic heterocycles. The van der Waals surface area contributed by atoms with E-state index in [9.17, 15) is 14.4 Å². The molecule has 152 valence electrons. The van der Waals surface area contributed by atoms with E-state index in [1.54, 1.807) is 50.6 Å². The van der Waals surface area contributed by atoms with Crippen molar-refractivity contribution in [1.82, 2.24) is 4.90 Å². The topological polar surface area (TPSA) is 84.9 Å². The molecule has 0 atom stereocenters. The van der Waals surface area contributed by atoms with Gasteiger partial charge in [0.05, 0.1) is 27.2 Å². The summed E-state index contributed by atoms with van der Waals surface area (Å²) in [4.78, 5) is 37.1. The molecule has 0 unspecified atom stereocenters. The molecule has 1 fully saturated rings. The molecule has 1 N–H and O–H groups in total. The van der Waals surface area contributed by atoms with Crippen molar-refractivity contribution >= 4 is 39.3 Å². The van der Waals surface area contributed by atoms with Crippen LogP contribution >= 0.6 is 15.9 Å². The number of likely N-dealkylation sites (tertiary alicyclic amines) is 1. The van der Waals surface area contributed by atoms with Crippen molar-refractivity contribution in [2.24, 2.45) is 0 Å².